The minimum atomic E-state index is -0.273. The van der Waals surface area contributed by atoms with E-state index in [2.05, 4.69) is 10.6 Å². The Morgan fingerprint density at radius 3 is 2.52 bits per heavy atom. The maximum absolute atomic E-state index is 13.5. The minimum absolute atomic E-state index is 0.130. The van der Waals surface area contributed by atoms with Gasteiger partial charge >= 0.3 is 6.03 Å². The number of nitrogens with one attached hydrogen (secondary N) is 2. The molecule has 2 rings (SSSR count). The molecule has 2 N–H and O–H groups in total. The van der Waals surface area contributed by atoms with E-state index in [4.69, 9.17) is 4.74 Å². The van der Waals surface area contributed by atoms with Crippen LogP contribution in [0.5, 0.6) is 5.75 Å². The van der Waals surface area contributed by atoms with Gasteiger partial charge in [-0.2, -0.15) is 0 Å². The average molecular weight is 316 g/mol. The zero-order valence-corrected chi connectivity index (χ0v) is 13.3. The fraction of sp³-hybridized carbons (Fsp3) is 0.278. The first-order valence-electron chi connectivity index (χ1n) is 7.52. The van der Waals surface area contributed by atoms with Crippen LogP contribution >= 0.6 is 0 Å². The molecule has 0 aliphatic heterocycles. The normalized spacial score (nSPS) is 11.6. The van der Waals surface area contributed by atoms with Crippen LogP contribution in [0.3, 0.4) is 0 Å². The predicted octanol–water partition coefficient (Wildman–Crippen LogP) is 3.44. The van der Waals surface area contributed by atoms with Crippen molar-refractivity contribution in [3.8, 4) is 5.75 Å². The lowest BCUT2D eigenvalue weighted by molar-refractivity contribution is 0.238. The number of hydrogen-bond acceptors (Lipinski definition) is 2. The summed E-state index contributed by atoms with van der Waals surface area (Å²) in [5, 5.41) is 5.59. The summed E-state index contributed by atoms with van der Waals surface area (Å²) in [7, 11) is 1.61. The smallest absolute Gasteiger partial charge is 0.315 e. The molecule has 0 fully saturated rings. The van der Waals surface area contributed by atoms with Gasteiger partial charge in [-0.1, -0.05) is 30.3 Å². The number of rotatable bonds is 6. The maximum atomic E-state index is 13.5. The van der Waals surface area contributed by atoms with Crippen LogP contribution < -0.4 is 15.4 Å². The number of benzene rings is 2. The summed E-state index contributed by atoms with van der Waals surface area (Å²) in [4.78, 5) is 11.9. The zero-order chi connectivity index (χ0) is 16.7. The van der Waals surface area contributed by atoms with Crippen LogP contribution in [-0.2, 0) is 6.42 Å². The molecular weight excluding hydrogens is 295 g/mol. The lowest BCUT2D eigenvalue weighted by Gasteiger charge is -2.15. The first kappa shape index (κ1) is 16.8. The van der Waals surface area contributed by atoms with Gasteiger partial charge in [-0.15, -0.1) is 0 Å². The second-order valence-electron chi connectivity index (χ2n) is 5.24. The molecule has 0 heterocycles. The Bertz CT molecular complexity index is 644. The molecule has 2 amide bonds. The Labute approximate surface area is 135 Å². The highest BCUT2D eigenvalue weighted by Gasteiger charge is 2.09. The summed E-state index contributed by atoms with van der Waals surface area (Å²) in [6.07, 6.45) is 0.455. The van der Waals surface area contributed by atoms with E-state index in [0.29, 0.717) is 18.5 Å². The summed E-state index contributed by atoms with van der Waals surface area (Å²) >= 11 is 0. The topological polar surface area (TPSA) is 50.4 Å². The highest BCUT2D eigenvalue weighted by Crippen LogP contribution is 2.17. The lowest BCUT2D eigenvalue weighted by Crippen LogP contribution is -2.38. The number of methoxy groups -OCH3 is 1. The van der Waals surface area contributed by atoms with Crippen molar-refractivity contribution in [1.82, 2.24) is 10.6 Å². The summed E-state index contributed by atoms with van der Waals surface area (Å²) in [5.41, 5.74) is 1.58. The molecule has 122 valence electrons. The van der Waals surface area contributed by atoms with E-state index < -0.39 is 0 Å². The van der Waals surface area contributed by atoms with Crippen molar-refractivity contribution in [2.45, 2.75) is 19.4 Å². The van der Waals surface area contributed by atoms with Gasteiger partial charge in [0.2, 0.25) is 0 Å². The Kier molecular flexibility index (Phi) is 5.97. The van der Waals surface area contributed by atoms with Gasteiger partial charge in [-0.3, -0.25) is 0 Å². The first-order valence-corrected chi connectivity index (χ1v) is 7.52. The van der Waals surface area contributed by atoms with E-state index in [1.165, 1.54) is 6.07 Å². The van der Waals surface area contributed by atoms with Crippen LogP contribution in [0, 0.1) is 5.82 Å². The summed E-state index contributed by atoms with van der Waals surface area (Å²) in [6.45, 7) is 2.28. The van der Waals surface area contributed by atoms with Crippen molar-refractivity contribution in [2.24, 2.45) is 0 Å². The quantitative estimate of drug-likeness (QED) is 0.858. The summed E-state index contributed by atoms with van der Waals surface area (Å²) in [6, 6.07) is 13.7. The van der Waals surface area contributed by atoms with E-state index in [9.17, 15) is 9.18 Å². The van der Waals surface area contributed by atoms with E-state index in [0.717, 1.165) is 11.3 Å². The Balaban J connectivity index is 1.78. The van der Waals surface area contributed by atoms with Gasteiger partial charge in [0.15, 0.2) is 0 Å². The van der Waals surface area contributed by atoms with Crippen LogP contribution in [0.25, 0.3) is 0 Å². The lowest BCUT2D eigenvalue weighted by atomic mass is 10.1. The Hall–Kier alpha value is -2.56. The fourth-order valence-electron chi connectivity index (χ4n) is 2.24. The largest absolute Gasteiger partial charge is 0.497 e. The second-order valence-corrected chi connectivity index (χ2v) is 5.24. The van der Waals surface area contributed by atoms with Crippen LogP contribution in [0.1, 0.15) is 24.1 Å². The fourth-order valence-corrected chi connectivity index (χ4v) is 2.24. The van der Waals surface area contributed by atoms with Crippen molar-refractivity contribution in [2.75, 3.05) is 13.7 Å². The molecule has 1 unspecified atom stereocenters. The second kappa shape index (κ2) is 8.17. The minimum Gasteiger partial charge on any atom is -0.497 e. The number of amides is 2. The van der Waals surface area contributed by atoms with Crippen molar-refractivity contribution in [3.63, 3.8) is 0 Å². The zero-order valence-electron chi connectivity index (χ0n) is 13.3. The van der Waals surface area contributed by atoms with Crippen LogP contribution in [0.4, 0.5) is 9.18 Å². The van der Waals surface area contributed by atoms with E-state index in [-0.39, 0.29) is 17.9 Å². The number of urea groups is 1. The number of carbonyl (C=O) groups excluding carboxylic acids is 1. The van der Waals surface area contributed by atoms with Crippen molar-refractivity contribution in [1.29, 1.82) is 0 Å². The van der Waals surface area contributed by atoms with Crippen molar-refractivity contribution in [3.05, 3.63) is 65.5 Å². The molecule has 0 aromatic heterocycles. The van der Waals surface area contributed by atoms with Crippen molar-refractivity contribution < 1.29 is 13.9 Å². The highest BCUT2D eigenvalue weighted by molar-refractivity contribution is 5.74. The van der Waals surface area contributed by atoms with Crippen molar-refractivity contribution >= 4 is 6.03 Å². The molecular formula is C18H21FN2O2. The molecule has 1 atom stereocenters. The van der Waals surface area contributed by atoms with Gasteiger partial charge in [-0.05, 0) is 42.7 Å². The summed E-state index contributed by atoms with van der Waals surface area (Å²) < 4.78 is 18.6. The molecule has 0 radical (unpaired) electrons. The number of ether oxygens (including phenoxy) is 1. The van der Waals surface area contributed by atoms with E-state index >= 15 is 0 Å². The Morgan fingerprint density at radius 1 is 1.17 bits per heavy atom. The van der Waals surface area contributed by atoms with Gasteiger partial charge in [0.25, 0.3) is 0 Å². The van der Waals surface area contributed by atoms with Gasteiger partial charge in [-0.25, -0.2) is 9.18 Å². The van der Waals surface area contributed by atoms with Gasteiger partial charge in [0.1, 0.15) is 11.6 Å². The van der Waals surface area contributed by atoms with E-state index in [1.807, 2.05) is 31.2 Å². The third kappa shape index (κ3) is 4.98. The van der Waals surface area contributed by atoms with Gasteiger partial charge < -0.3 is 15.4 Å². The molecule has 2 aromatic carbocycles. The van der Waals surface area contributed by atoms with Gasteiger partial charge in [0.05, 0.1) is 13.2 Å². The summed E-state index contributed by atoms with van der Waals surface area (Å²) in [5.74, 6) is 0.525. The van der Waals surface area contributed by atoms with Crippen LogP contribution in [-0.4, -0.2) is 19.7 Å². The average Bonchev–Trinajstić information content (AvgIpc) is 2.56. The van der Waals surface area contributed by atoms with E-state index in [1.54, 1.807) is 25.3 Å². The third-order valence-electron chi connectivity index (χ3n) is 3.60. The van der Waals surface area contributed by atoms with Crippen LogP contribution in [0.2, 0.25) is 0 Å². The molecule has 0 spiro atoms. The molecule has 0 aliphatic rings. The first-order chi connectivity index (χ1) is 11.1. The predicted molar refractivity (Wildman–Crippen MR) is 88.0 cm³/mol. The molecule has 4 nitrogen and oxygen atoms in total. The third-order valence-corrected chi connectivity index (χ3v) is 3.60. The molecule has 0 aliphatic carbocycles. The molecule has 5 heteroatoms. The monoisotopic (exact) mass is 316 g/mol. The molecule has 23 heavy (non-hydrogen) atoms. The maximum Gasteiger partial charge on any atom is 0.315 e. The molecule has 2 aromatic rings. The Morgan fingerprint density at radius 2 is 1.87 bits per heavy atom. The van der Waals surface area contributed by atoms with Crippen LogP contribution in [0.15, 0.2) is 48.5 Å². The standard InChI is InChI=1S/C18H21FN2O2/c1-13(14-7-9-16(23-2)10-8-14)21-18(22)20-12-11-15-5-3-4-6-17(15)19/h3-10,13H,11-12H2,1-2H3,(H2,20,21,22). The highest BCUT2D eigenvalue weighted by atomic mass is 19.1. The number of hydrogen-bond donors (Lipinski definition) is 2. The number of carbonyl (C=O) groups is 1. The number of halogens is 1. The van der Waals surface area contributed by atoms with Gasteiger partial charge in [0, 0.05) is 6.54 Å². The SMILES string of the molecule is COc1ccc(C(C)NC(=O)NCCc2ccccc2F)cc1. The molecule has 0 saturated carbocycles. The molecule has 0 bridgehead atoms. The molecule has 0 saturated heterocycles.